The first-order valence-electron chi connectivity index (χ1n) is 4.61. The Morgan fingerprint density at radius 2 is 1.93 bits per heavy atom. The van der Waals surface area contributed by atoms with Crippen LogP contribution >= 0.6 is 0 Å². The monoisotopic (exact) mass is 199 g/mol. The van der Waals surface area contributed by atoms with Crippen LogP contribution in [-0.2, 0) is 4.79 Å². The smallest absolute Gasteiger partial charge is 0.269 e. The van der Waals surface area contributed by atoms with Crippen molar-refractivity contribution in [1.82, 2.24) is 0 Å². The fraction of sp³-hybridized carbons (Fsp3) is 0.0833. The summed E-state index contributed by atoms with van der Waals surface area (Å²) >= 11 is 0. The number of carbonyl (C=O) groups excluding carboxylic acids is 2. The number of dihydropyridines is 1. The van der Waals surface area contributed by atoms with Crippen LogP contribution in [0.2, 0.25) is 0 Å². The number of aliphatic imine (C=N–C) groups is 1. The third kappa shape index (κ3) is 2.07. The van der Waals surface area contributed by atoms with Crippen molar-refractivity contribution in [1.29, 1.82) is 0 Å². The Morgan fingerprint density at radius 1 is 1.20 bits per heavy atom. The van der Waals surface area contributed by atoms with Crippen molar-refractivity contribution < 1.29 is 9.59 Å². The average Bonchev–Trinajstić information content (AvgIpc) is 2.30. The standard InChI is InChI=1S/C12H9NO2/c14-8-9-1-3-10(4-2-9)11-5-6-12(15)13-7-11/h1-8,11H. The molecule has 0 saturated carbocycles. The second kappa shape index (κ2) is 4.00. The van der Waals surface area contributed by atoms with Crippen LogP contribution in [0.25, 0.3) is 0 Å². The first-order valence-corrected chi connectivity index (χ1v) is 4.61. The highest BCUT2D eigenvalue weighted by molar-refractivity contribution is 5.98. The Kier molecular flexibility index (Phi) is 2.54. The summed E-state index contributed by atoms with van der Waals surface area (Å²) in [7, 11) is 0. The van der Waals surface area contributed by atoms with Crippen molar-refractivity contribution >= 4 is 18.4 Å². The van der Waals surface area contributed by atoms with E-state index in [0.29, 0.717) is 5.56 Å². The van der Waals surface area contributed by atoms with Crippen molar-refractivity contribution in [3.05, 3.63) is 47.5 Å². The zero-order chi connectivity index (χ0) is 10.7. The summed E-state index contributed by atoms with van der Waals surface area (Å²) in [6, 6.07) is 7.22. The molecule has 1 amide bonds. The molecule has 1 aromatic rings. The maximum atomic E-state index is 10.8. The SMILES string of the molecule is O=Cc1ccc(C2C=CC(=O)N=C2)cc1. The highest BCUT2D eigenvalue weighted by Gasteiger charge is 2.09. The van der Waals surface area contributed by atoms with Crippen LogP contribution in [0.1, 0.15) is 21.8 Å². The van der Waals surface area contributed by atoms with Gasteiger partial charge in [-0.3, -0.25) is 9.59 Å². The number of rotatable bonds is 2. The Bertz CT molecular complexity index is 427. The second-order valence-electron chi connectivity index (χ2n) is 3.29. The van der Waals surface area contributed by atoms with Crippen LogP contribution in [0, 0.1) is 0 Å². The fourth-order valence-electron chi connectivity index (χ4n) is 1.43. The molecule has 0 aliphatic carbocycles. The number of benzene rings is 1. The van der Waals surface area contributed by atoms with Crippen LogP contribution < -0.4 is 0 Å². The molecule has 0 saturated heterocycles. The van der Waals surface area contributed by atoms with Gasteiger partial charge in [-0.15, -0.1) is 0 Å². The zero-order valence-corrected chi connectivity index (χ0v) is 7.96. The second-order valence-corrected chi connectivity index (χ2v) is 3.29. The summed E-state index contributed by atoms with van der Waals surface area (Å²) in [5.74, 6) is -0.195. The third-order valence-corrected chi connectivity index (χ3v) is 2.27. The van der Waals surface area contributed by atoms with Gasteiger partial charge in [0.25, 0.3) is 5.91 Å². The summed E-state index contributed by atoms with van der Waals surface area (Å²) in [5.41, 5.74) is 1.67. The van der Waals surface area contributed by atoms with Gasteiger partial charge >= 0.3 is 0 Å². The molecule has 3 heteroatoms. The van der Waals surface area contributed by atoms with E-state index in [-0.39, 0.29) is 11.8 Å². The molecule has 0 spiro atoms. The lowest BCUT2D eigenvalue weighted by Crippen LogP contribution is -2.04. The van der Waals surface area contributed by atoms with Gasteiger partial charge in [0.05, 0.1) is 0 Å². The topological polar surface area (TPSA) is 46.5 Å². The number of aldehydes is 1. The molecule has 1 atom stereocenters. The van der Waals surface area contributed by atoms with Gasteiger partial charge in [-0.2, -0.15) is 0 Å². The molecule has 1 aromatic carbocycles. The predicted molar refractivity (Wildman–Crippen MR) is 57.2 cm³/mol. The first kappa shape index (κ1) is 9.52. The fourth-order valence-corrected chi connectivity index (χ4v) is 1.43. The van der Waals surface area contributed by atoms with Gasteiger partial charge in [0.2, 0.25) is 0 Å². The quantitative estimate of drug-likeness (QED) is 0.681. The molecule has 3 nitrogen and oxygen atoms in total. The lowest BCUT2D eigenvalue weighted by Gasteiger charge is -2.09. The van der Waals surface area contributed by atoms with Gasteiger partial charge in [0, 0.05) is 23.8 Å². The first-order chi connectivity index (χ1) is 7.29. The molecule has 0 aromatic heterocycles. The molecule has 1 unspecified atom stereocenters. The van der Waals surface area contributed by atoms with Gasteiger partial charge < -0.3 is 0 Å². The van der Waals surface area contributed by atoms with E-state index in [2.05, 4.69) is 4.99 Å². The summed E-state index contributed by atoms with van der Waals surface area (Å²) in [6.45, 7) is 0. The summed E-state index contributed by atoms with van der Waals surface area (Å²) < 4.78 is 0. The molecule has 15 heavy (non-hydrogen) atoms. The van der Waals surface area contributed by atoms with Crippen LogP contribution in [0.5, 0.6) is 0 Å². The number of hydrogen-bond acceptors (Lipinski definition) is 2. The number of carbonyl (C=O) groups is 2. The largest absolute Gasteiger partial charge is 0.298 e. The molecule has 1 aliphatic heterocycles. The van der Waals surface area contributed by atoms with Crippen molar-refractivity contribution in [3.8, 4) is 0 Å². The molecular formula is C12H9NO2. The van der Waals surface area contributed by atoms with E-state index < -0.39 is 0 Å². The van der Waals surface area contributed by atoms with Gasteiger partial charge in [0.1, 0.15) is 6.29 Å². The van der Waals surface area contributed by atoms with Gasteiger partial charge in [-0.25, -0.2) is 4.99 Å². The number of nitrogens with zero attached hydrogens (tertiary/aromatic N) is 1. The highest BCUT2D eigenvalue weighted by atomic mass is 16.1. The van der Waals surface area contributed by atoms with Crippen molar-refractivity contribution in [2.24, 2.45) is 4.99 Å². The van der Waals surface area contributed by atoms with E-state index >= 15 is 0 Å². The predicted octanol–water partition coefficient (Wildman–Crippen LogP) is 1.75. The maximum absolute atomic E-state index is 10.8. The normalized spacial score (nSPS) is 19.2. The summed E-state index contributed by atoms with van der Waals surface area (Å²) in [5, 5.41) is 0. The number of allylic oxidation sites excluding steroid dienone is 1. The van der Waals surface area contributed by atoms with Crippen molar-refractivity contribution in [2.45, 2.75) is 5.92 Å². The Balaban J connectivity index is 2.23. The Labute approximate surface area is 87.1 Å². The molecule has 0 radical (unpaired) electrons. The van der Waals surface area contributed by atoms with E-state index in [1.54, 1.807) is 24.4 Å². The lowest BCUT2D eigenvalue weighted by molar-refractivity contribution is -0.113. The molecule has 0 bridgehead atoms. The minimum absolute atomic E-state index is 0.0309. The Hall–Kier alpha value is -2.03. The van der Waals surface area contributed by atoms with E-state index in [1.165, 1.54) is 6.08 Å². The summed E-state index contributed by atoms with van der Waals surface area (Å²) in [4.78, 5) is 25.0. The van der Waals surface area contributed by atoms with Crippen LogP contribution in [0.4, 0.5) is 0 Å². The number of hydrogen-bond donors (Lipinski definition) is 0. The average molecular weight is 199 g/mol. The molecule has 1 heterocycles. The van der Waals surface area contributed by atoms with Gasteiger partial charge in [-0.1, -0.05) is 30.3 Å². The molecule has 0 fully saturated rings. The minimum Gasteiger partial charge on any atom is -0.298 e. The van der Waals surface area contributed by atoms with Crippen LogP contribution in [0.3, 0.4) is 0 Å². The van der Waals surface area contributed by atoms with Crippen LogP contribution in [-0.4, -0.2) is 18.4 Å². The molecule has 1 aliphatic rings. The summed E-state index contributed by atoms with van der Waals surface area (Å²) in [6.07, 6.45) is 5.67. The molecule has 74 valence electrons. The minimum atomic E-state index is -0.226. The lowest BCUT2D eigenvalue weighted by atomic mass is 9.97. The number of amides is 1. The third-order valence-electron chi connectivity index (χ3n) is 2.27. The van der Waals surface area contributed by atoms with E-state index in [1.807, 2.05) is 12.1 Å². The maximum Gasteiger partial charge on any atom is 0.269 e. The highest BCUT2D eigenvalue weighted by Crippen LogP contribution is 2.18. The van der Waals surface area contributed by atoms with Crippen molar-refractivity contribution in [3.63, 3.8) is 0 Å². The van der Waals surface area contributed by atoms with E-state index in [4.69, 9.17) is 0 Å². The molecule has 0 N–H and O–H groups in total. The Morgan fingerprint density at radius 3 is 2.47 bits per heavy atom. The van der Waals surface area contributed by atoms with Crippen molar-refractivity contribution in [2.75, 3.05) is 0 Å². The van der Waals surface area contributed by atoms with Crippen LogP contribution in [0.15, 0.2) is 41.4 Å². The molecular weight excluding hydrogens is 190 g/mol. The zero-order valence-electron chi connectivity index (χ0n) is 7.96. The van der Waals surface area contributed by atoms with E-state index in [0.717, 1.165) is 11.8 Å². The molecule has 2 rings (SSSR count). The van der Waals surface area contributed by atoms with E-state index in [9.17, 15) is 9.59 Å². The van der Waals surface area contributed by atoms with Gasteiger partial charge in [-0.05, 0) is 5.56 Å². The van der Waals surface area contributed by atoms with Gasteiger partial charge in [0.15, 0.2) is 0 Å².